The number of sulfonamides is 1. The lowest BCUT2D eigenvalue weighted by atomic mass is 9.97. The Morgan fingerprint density at radius 1 is 0.867 bits per heavy atom. The minimum Gasteiger partial charge on any atom is -0.350 e. The number of nitrogens with zero attached hydrogens (tertiary/aromatic N) is 1. The van der Waals surface area contributed by atoms with Crippen LogP contribution in [-0.2, 0) is 14.8 Å². The van der Waals surface area contributed by atoms with E-state index in [-0.39, 0.29) is 12.1 Å². The van der Waals surface area contributed by atoms with Crippen LogP contribution in [0.15, 0.2) is 89.8 Å². The summed E-state index contributed by atoms with van der Waals surface area (Å²) in [6.45, 7) is 3.99. The number of rotatable bonds is 5. The Labute approximate surface area is 179 Å². The molecule has 1 aliphatic heterocycles. The van der Waals surface area contributed by atoms with Gasteiger partial charge in [-0.15, -0.1) is 0 Å². The largest absolute Gasteiger partial charge is 0.350 e. The van der Waals surface area contributed by atoms with Crippen LogP contribution in [0.5, 0.6) is 0 Å². The summed E-state index contributed by atoms with van der Waals surface area (Å²) < 4.78 is 35.5. The van der Waals surface area contributed by atoms with Crippen molar-refractivity contribution in [3.63, 3.8) is 0 Å². The number of aryl methyl sites for hydroxylation is 1. The summed E-state index contributed by atoms with van der Waals surface area (Å²) in [5.41, 5.74) is 2.94. The van der Waals surface area contributed by atoms with Gasteiger partial charge in [-0.05, 0) is 43.0 Å². The highest BCUT2D eigenvalue weighted by atomic mass is 32.2. The molecule has 0 N–H and O–H groups in total. The van der Waals surface area contributed by atoms with Gasteiger partial charge in [0.15, 0.2) is 6.23 Å². The van der Waals surface area contributed by atoms with E-state index in [4.69, 9.17) is 4.74 Å². The van der Waals surface area contributed by atoms with E-state index in [1.54, 1.807) is 16.4 Å². The second-order valence-corrected chi connectivity index (χ2v) is 9.59. The summed E-state index contributed by atoms with van der Waals surface area (Å²) in [5, 5.41) is 0. The van der Waals surface area contributed by atoms with Gasteiger partial charge in [0.25, 0.3) is 0 Å². The minimum atomic E-state index is -3.73. The molecule has 3 atom stereocenters. The molecule has 4 nitrogen and oxygen atoms in total. The highest BCUT2D eigenvalue weighted by molar-refractivity contribution is 7.89. The van der Waals surface area contributed by atoms with Crippen LogP contribution in [-0.4, -0.2) is 18.8 Å². The molecule has 1 aliphatic rings. The Hall–Kier alpha value is -2.47. The molecule has 1 saturated heterocycles. The third-order valence-electron chi connectivity index (χ3n) is 5.69. The van der Waals surface area contributed by atoms with E-state index in [0.29, 0.717) is 17.7 Å². The van der Waals surface area contributed by atoms with Crippen molar-refractivity contribution in [3.8, 4) is 0 Å². The molecule has 0 amide bonds. The molecule has 4 rings (SSSR count). The van der Waals surface area contributed by atoms with Crippen LogP contribution in [0.2, 0.25) is 0 Å². The average Bonchev–Trinajstić information content (AvgIpc) is 2.79. The second kappa shape index (κ2) is 8.72. The van der Waals surface area contributed by atoms with Gasteiger partial charge in [0.05, 0.1) is 11.0 Å². The van der Waals surface area contributed by atoms with E-state index in [2.05, 4.69) is 0 Å². The topological polar surface area (TPSA) is 46.6 Å². The molecule has 156 valence electrons. The number of ether oxygens (including phenoxy) is 1. The van der Waals surface area contributed by atoms with Gasteiger partial charge < -0.3 is 4.74 Å². The first-order chi connectivity index (χ1) is 14.5. The van der Waals surface area contributed by atoms with Crippen LogP contribution in [0.4, 0.5) is 0 Å². The predicted molar refractivity (Wildman–Crippen MR) is 118 cm³/mol. The van der Waals surface area contributed by atoms with Crippen molar-refractivity contribution in [2.24, 2.45) is 0 Å². The highest BCUT2D eigenvalue weighted by Crippen LogP contribution is 2.43. The summed E-state index contributed by atoms with van der Waals surface area (Å²) in [5.74, 6) is 0. The van der Waals surface area contributed by atoms with Gasteiger partial charge in [-0.1, -0.05) is 85.3 Å². The van der Waals surface area contributed by atoms with Crippen LogP contribution < -0.4 is 0 Å². The summed E-state index contributed by atoms with van der Waals surface area (Å²) >= 11 is 0. The molecule has 1 heterocycles. The lowest BCUT2D eigenvalue weighted by Crippen LogP contribution is -2.48. The predicted octanol–water partition coefficient (Wildman–Crippen LogP) is 5.62. The van der Waals surface area contributed by atoms with Crippen molar-refractivity contribution in [2.75, 3.05) is 0 Å². The molecule has 0 spiro atoms. The summed E-state index contributed by atoms with van der Waals surface area (Å²) in [7, 11) is -3.73. The van der Waals surface area contributed by atoms with E-state index in [1.807, 2.05) is 86.6 Å². The molecule has 0 radical (unpaired) electrons. The Morgan fingerprint density at radius 2 is 1.43 bits per heavy atom. The number of benzene rings is 3. The third-order valence-corrected chi connectivity index (χ3v) is 7.61. The molecular weight excluding hydrogens is 394 g/mol. The SMILES string of the molecule is CC[C@H]1C[C@H](c2ccccc2)O[C@H](c2ccccc2)N1S(=O)(=O)c1ccc(C)cc1. The van der Waals surface area contributed by atoms with Gasteiger partial charge in [-0.25, -0.2) is 8.42 Å². The van der Waals surface area contributed by atoms with Gasteiger partial charge in [0.1, 0.15) is 0 Å². The van der Waals surface area contributed by atoms with Crippen LogP contribution in [0.25, 0.3) is 0 Å². The molecule has 3 aromatic carbocycles. The van der Waals surface area contributed by atoms with E-state index < -0.39 is 16.3 Å². The normalized spacial score (nSPS) is 22.7. The van der Waals surface area contributed by atoms with E-state index in [9.17, 15) is 8.42 Å². The van der Waals surface area contributed by atoms with Crippen molar-refractivity contribution < 1.29 is 13.2 Å². The molecule has 1 fully saturated rings. The van der Waals surface area contributed by atoms with Gasteiger partial charge in [-0.3, -0.25) is 0 Å². The van der Waals surface area contributed by atoms with E-state index >= 15 is 0 Å². The van der Waals surface area contributed by atoms with Gasteiger partial charge >= 0.3 is 0 Å². The monoisotopic (exact) mass is 421 g/mol. The summed E-state index contributed by atoms with van der Waals surface area (Å²) in [4.78, 5) is 0.300. The fraction of sp³-hybridized carbons (Fsp3) is 0.280. The Morgan fingerprint density at radius 3 is 2.00 bits per heavy atom. The van der Waals surface area contributed by atoms with Crippen LogP contribution >= 0.6 is 0 Å². The van der Waals surface area contributed by atoms with Crippen molar-refractivity contribution in [1.29, 1.82) is 0 Å². The Kier molecular flexibility index (Phi) is 6.04. The Balaban J connectivity index is 1.79. The molecule has 0 aromatic heterocycles. The van der Waals surface area contributed by atoms with Crippen LogP contribution in [0.3, 0.4) is 0 Å². The molecule has 30 heavy (non-hydrogen) atoms. The molecular formula is C25H27NO3S. The zero-order chi connectivity index (χ0) is 21.1. The number of hydrogen-bond donors (Lipinski definition) is 0. The lowest BCUT2D eigenvalue weighted by Gasteiger charge is -2.44. The molecule has 0 unspecified atom stereocenters. The first-order valence-corrected chi connectivity index (χ1v) is 11.8. The third kappa shape index (κ3) is 4.06. The van der Waals surface area contributed by atoms with Crippen molar-refractivity contribution >= 4 is 10.0 Å². The maximum absolute atomic E-state index is 13.7. The molecule has 0 bridgehead atoms. The minimum absolute atomic E-state index is 0.161. The van der Waals surface area contributed by atoms with Crippen LogP contribution in [0, 0.1) is 6.92 Å². The first kappa shape index (κ1) is 20.8. The smallest absolute Gasteiger partial charge is 0.245 e. The van der Waals surface area contributed by atoms with Gasteiger partial charge in [0.2, 0.25) is 10.0 Å². The quantitative estimate of drug-likeness (QED) is 0.537. The molecule has 5 heteroatoms. The summed E-state index contributed by atoms with van der Waals surface area (Å²) in [6.07, 6.45) is 0.489. The van der Waals surface area contributed by atoms with E-state index in [1.165, 1.54) is 0 Å². The van der Waals surface area contributed by atoms with Crippen molar-refractivity contribution in [1.82, 2.24) is 4.31 Å². The maximum Gasteiger partial charge on any atom is 0.245 e. The maximum atomic E-state index is 13.7. The zero-order valence-corrected chi connectivity index (χ0v) is 18.1. The average molecular weight is 422 g/mol. The summed E-state index contributed by atoms with van der Waals surface area (Å²) in [6, 6.07) is 26.6. The van der Waals surface area contributed by atoms with Gasteiger partial charge in [0, 0.05) is 6.04 Å². The fourth-order valence-electron chi connectivity index (χ4n) is 4.04. The van der Waals surface area contributed by atoms with Crippen LogP contribution in [0.1, 0.15) is 48.8 Å². The molecule has 0 aliphatic carbocycles. The Bertz CT molecular complexity index is 1070. The second-order valence-electron chi connectivity index (χ2n) is 7.74. The zero-order valence-electron chi connectivity index (χ0n) is 17.3. The van der Waals surface area contributed by atoms with Crippen molar-refractivity contribution in [3.05, 3.63) is 102 Å². The fourth-order valence-corrected chi connectivity index (χ4v) is 5.81. The highest BCUT2D eigenvalue weighted by Gasteiger charge is 2.44. The molecule has 3 aromatic rings. The first-order valence-electron chi connectivity index (χ1n) is 10.4. The molecule has 0 saturated carbocycles. The van der Waals surface area contributed by atoms with E-state index in [0.717, 1.165) is 16.7 Å². The number of hydrogen-bond acceptors (Lipinski definition) is 3. The van der Waals surface area contributed by atoms with Crippen molar-refractivity contribution in [2.45, 2.75) is 50.0 Å². The standard InChI is InChI=1S/C25H27NO3S/c1-3-22-18-24(20-10-6-4-7-11-20)29-25(21-12-8-5-9-13-21)26(22)30(27,28)23-16-14-19(2)15-17-23/h4-17,22,24-25H,3,18H2,1-2H3/t22-,24+,25+/m0/s1. The lowest BCUT2D eigenvalue weighted by molar-refractivity contribution is -0.134. The van der Waals surface area contributed by atoms with Gasteiger partial charge in [-0.2, -0.15) is 4.31 Å².